The second-order valence-electron chi connectivity index (χ2n) is 4.37. The number of nitrogens with zero attached hydrogens (tertiary/aromatic N) is 1. The molecule has 1 aromatic rings. The Hall–Kier alpha value is 0.1000. The van der Waals surface area contributed by atoms with Gasteiger partial charge in [-0.1, -0.05) is 0 Å². The maximum Gasteiger partial charge on any atom is 0.0328 e. The fraction of sp³-hybridized carbons (Fsp3) is 0.636. The molecule has 0 spiro atoms. The minimum atomic E-state index is 0.424. The van der Waals surface area contributed by atoms with Crippen molar-refractivity contribution in [2.45, 2.75) is 37.9 Å². The van der Waals surface area contributed by atoms with Gasteiger partial charge in [-0.2, -0.15) is 0 Å². The molecule has 1 fully saturated rings. The molecule has 0 radical (unpaired) electrons. The van der Waals surface area contributed by atoms with Crippen LogP contribution in [0.25, 0.3) is 0 Å². The van der Waals surface area contributed by atoms with Crippen molar-refractivity contribution >= 4 is 27.3 Å². The van der Waals surface area contributed by atoms with Crippen LogP contribution < -0.4 is 5.73 Å². The quantitative estimate of drug-likeness (QED) is 0.927. The van der Waals surface area contributed by atoms with Crippen LogP contribution in [0.3, 0.4) is 0 Å². The highest BCUT2D eigenvalue weighted by molar-refractivity contribution is 9.10. The van der Waals surface area contributed by atoms with Gasteiger partial charge < -0.3 is 5.73 Å². The van der Waals surface area contributed by atoms with Gasteiger partial charge in [-0.25, -0.2) is 0 Å². The third-order valence-electron chi connectivity index (χ3n) is 3.10. The summed E-state index contributed by atoms with van der Waals surface area (Å²) in [5.41, 5.74) is 5.93. The SMILES string of the molecule is CN(Cc1cc(Br)cs1)C1CCC(N)C1. The molecule has 0 bridgehead atoms. The summed E-state index contributed by atoms with van der Waals surface area (Å²) in [7, 11) is 2.20. The minimum absolute atomic E-state index is 0.424. The number of rotatable bonds is 3. The van der Waals surface area contributed by atoms with E-state index in [0.717, 1.165) is 13.0 Å². The molecule has 1 heterocycles. The van der Waals surface area contributed by atoms with E-state index in [1.165, 1.54) is 22.2 Å². The highest BCUT2D eigenvalue weighted by Crippen LogP contribution is 2.26. The lowest BCUT2D eigenvalue weighted by atomic mass is 10.2. The van der Waals surface area contributed by atoms with Crippen molar-refractivity contribution in [2.24, 2.45) is 5.73 Å². The monoisotopic (exact) mass is 288 g/mol. The average molecular weight is 289 g/mol. The van der Waals surface area contributed by atoms with E-state index in [1.807, 2.05) is 11.3 Å². The third-order valence-corrected chi connectivity index (χ3v) is 4.78. The number of thiophene rings is 1. The van der Waals surface area contributed by atoms with Crippen LogP contribution in [0.1, 0.15) is 24.1 Å². The summed E-state index contributed by atoms with van der Waals surface area (Å²) in [4.78, 5) is 3.86. The molecule has 2 atom stereocenters. The van der Waals surface area contributed by atoms with Gasteiger partial charge in [0.1, 0.15) is 0 Å². The maximum atomic E-state index is 5.93. The molecule has 15 heavy (non-hydrogen) atoms. The smallest absolute Gasteiger partial charge is 0.0328 e. The summed E-state index contributed by atoms with van der Waals surface area (Å²) < 4.78 is 1.19. The number of nitrogens with two attached hydrogens (primary N) is 1. The van der Waals surface area contributed by atoms with E-state index in [0.29, 0.717) is 12.1 Å². The molecular formula is C11H17BrN2S. The lowest BCUT2D eigenvalue weighted by molar-refractivity contribution is 0.237. The lowest BCUT2D eigenvalue weighted by Crippen LogP contribution is -2.30. The van der Waals surface area contributed by atoms with Crippen LogP contribution in [0, 0.1) is 0 Å². The third kappa shape index (κ3) is 3.03. The topological polar surface area (TPSA) is 29.3 Å². The van der Waals surface area contributed by atoms with Crippen LogP contribution in [-0.4, -0.2) is 24.0 Å². The maximum absolute atomic E-state index is 5.93. The summed E-state index contributed by atoms with van der Waals surface area (Å²) in [6.07, 6.45) is 3.59. The molecule has 0 saturated heterocycles. The molecule has 1 saturated carbocycles. The lowest BCUT2D eigenvalue weighted by Gasteiger charge is -2.23. The molecule has 1 aliphatic carbocycles. The highest BCUT2D eigenvalue weighted by atomic mass is 79.9. The summed E-state index contributed by atoms with van der Waals surface area (Å²) in [6.45, 7) is 1.05. The minimum Gasteiger partial charge on any atom is -0.328 e. The van der Waals surface area contributed by atoms with Crippen molar-refractivity contribution in [1.82, 2.24) is 4.90 Å². The van der Waals surface area contributed by atoms with Crippen molar-refractivity contribution in [2.75, 3.05) is 7.05 Å². The first kappa shape index (κ1) is 11.6. The van der Waals surface area contributed by atoms with E-state index in [1.54, 1.807) is 0 Å². The van der Waals surface area contributed by atoms with Crippen molar-refractivity contribution in [3.63, 3.8) is 0 Å². The zero-order valence-electron chi connectivity index (χ0n) is 8.95. The second kappa shape index (κ2) is 4.95. The standard InChI is InChI=1S/C11H17BrN2S/c1-14(10-3-2-9(13)5-10)6-11-4-8(12)7-15-11/h4,7,9-10H,2-3,5-6,13H2,1H3. The van der Waals surface area contributed by atoms with Crippen molar-refractivity contribution in [3.05, 3.63) is 20.8 Å². The van der Waals surface area contributed by atoms with Gasteiger partial charge in [-0.05, 0) is 48.3 Å². The van der Waals surface area contributed by atoms with Crippen molar-refractivity contribution in [1.29, 1.82) is 0 Å². The van der Waals surface area contributed by atoms with Crippen LogP contribution in [0.4, 0.5) is 0 Å². The van der Waals surface area contributed by atoms with Crippen molar-refractivity contribution in [3.8, 4) is 0 Å². The average Bonchev–Trinajstić information content (AvgIpc) is 2.75. The molecule has 2 unspecified atom stereocenters. The number of hydrogen-bond donors (Lipinski definition) is 1. The Bertz CT molecular complexity index is 326. The fourth-order valence-electron chi connectivity index (χ4n) is 2.20. The largest absolute Gasteiger partial charge is 0.328 e. The van der Waals surface area contributed by atoms with Crippen LogP contribution in [0.15, 0.2) is 15.9 Å². The molecule has 0 amide bonds. The zero-order valence-corrected chi connectivity index (χ0v) is 11.4. The molecule has 84 valence electrons. The predicted octanol–water partition coefficient (Wildman–Crippen LogP) is 2.82. The van der Waals surface area contributed by atoms with Gasteiger partial charge in [0, 0.05) is 33.4 Å². The Morgan fingerprint density at radius 3 is 2.93 bits per heavy atom. The first-order valence-corrected chi connectivity index (χ1v) is 7.01. The Morgan fingerprint density at radius 1 is 1.60 bits per heavy atom. The Balaban J connectivity index is 1.89. The highest BCUT2D eigenvalue weighted by Gasteiger charge is 2.25. The normalized spacial score (nSPS) is 26.4. The van der Waals surface area contributed by atoms with E-state index < -0.39 is 0 Å². The van der Waals surface area contributed by atoms with Gasteiger partial charge in [0.15, 0.2) is 0 Å². The molecule has 2 rings (SSSR count). The molecule has 0 aromatic carbocycles. The molecule has 0 aliphatic heterocycles. The van der Waals surface area contributed by atoms with Crippen LogP contribution in [0.5, 0.6) is 0 Å². The molecule has 1 aromatic heterocycles. The van der Waals surface area contributed by atoms with Crippen LogP contribution >= 0.6 is 27.3 Å². The van der Waals surface area contributed by atoms with E-state index >= 15 is 0 Å². The molecule has 4 heteroatoms. The summed E-state index contributed by atoms with van der Waals surface area (Å²) in [5.74, 6) is 0. The van der Waals surface area contributed by atoms with Gasteiger partial charge in [0.2, 0.25) is 0 Å². The van der Waals surface area contributed by atoms with Gasteiger partial charge in [-0.15, -0.1) is 11.3 Å². The van der Waals surface area contributed by atoms with Crippen LogP contribution in [0.2, 0.25) is 0 Å². The van der Waals surface area contributed by atoms with E-state index in [2.05, 4.69) is 39.3 Å². The van der Waals surface area contributed by atoms with Gasteiger partial charge in [0.05, 0.1) is 0 Å². The first-order chi connectivity index (χ1) is 7.15. The summed E-state index contributed by atoms with van der Waals surface area (Å²) >= 11 is 5.30. The molecule has 1 aliphatic rings. The Morgan fingerprint density at radius 2 is 2.40 bits per heavy atom. The summed E-state index contributed by atoms with van der Waals surface area (Å²) in [5, 5.41) is 2.14. The van der Waals surface area contributed by atoms with E-state index in [4.69, 9.17) is 5.73 Å². The predicted molar refractivity (Wildman–Crippen MR) is 69.1 cm³/mol. The van der Waals surface area contributed by atoms with Gasteiger partial charge in [0.25, 0.3) is 0 Å². The Labute approximate surface area is 104 Å². The number of hydrogen-bond acceptors (Lipinski definition) is 3. The van der Waals surface area contributed by atoms with E-state index in [9.17, 15) is 0 Å². The van der Waals surface area contributed by atoms with Crippen LogP contribution in [-0.2, 0) is 6.54 Å². The zero-order chi connectivity index (χ0) is 10.8. The first-order valence-electron chi connectivity index (χ1n) is 5.34. The van der Waals surface area contributed by atoms with Gasteiger partial charge in [-0.3, -0.25) is 4.90 Å². The second-order valence-corrected chi connectivity index (χ2v) is 6.28. The number of halogens is 1. The Kier molecular flexibility index (Phi) is 3.83. The molecular weight excluding hydrogens is 272 g/mol. The van der Waals surface area contributed by atoms with Gasteiger partial charge >= 0.3 is 0 Å². The summed E-state index contributed by atoms with van der Waals surface area (Å²) in [6, 6.07) is 3.31. The van der Waals surface area contributed by atoms with Crippen molar-refractivity contribution < 1.29 is 0 Å². The fourth-order valence-corrected chi connectivity index (χ4v) is 3.72. The van der Waals surface area contributed by atoms with E-state index in [-0.39, 0.29) is 0 Å². The molecule has 2 N–H and O–H groups in total. The molecule has 2 nitrogen and oxygen atoms in total.